The summed E-state index contributed by atoms with van der Waals surface area (Å²) in [5, 5.41) is 8.76. The smallest absolute Gasteiger partial charge is 0.0701 e. The van der Waals surface area contributed by atoms with Crippen LogP contribution in [-0.4, -0.2) is 54.2 Å². The highest BCUT2D eigenvalue weighted by Crippen LogP contribution is 2.23. The summed E-state index contributed by atoms with van der Waals surface area (Å²) in [6.45, 7) is 7.35. The van der Waals surface area contributed by atoms with E-state index < -0.39 is 0 Å². The number of rotatable bonds is 7. The first-order valence-electron chi connectivity index (χ1n) is 7.08. The summed E-state index contributed by atoms with van der Waals surface area (Å²) in [5.74, 6) is 0. The molecule has 0 spiro atoms. The van der Waals surface area contributed by atoms with Crippen LogP contribution < -0.4 is 0 Å². The molecular formula is C14H23BrN2OS. The van der Waals surface area contributed by atoms with E-state index in [9.17, 15) is 0 Å². The maximum atomic E-state index is 8.76. The Kier molecular flexibility index (Phi) is 6.81. The van der Waals surface area contributed by atoms with E-state index in [0.717, 1.165) is 19.4 Å². The summed E-state index contributed by atoms with van der Waals surface area (Å²) in [7, 11) is 0. The zero-order valence-corrected chi connectivity index (χ0v) is 13.8. The number of thiophene rings is 1. The molecule has 0 saturated carbocycles. The Labute approximate surface area is 128 Å². The van der Waals surface area contributed by atoms with Crippen molar-refractivity contribution in [2.75, 3.05) is 39.3 Å². The lowest BCUT2D eigenvalue weighted by Gasteiger charge is -2.34. The Morgan fingerprint density at radius 3 is 2.42 bits per heavy atom. The molecule has 1 N–H and O–H groups in total. The van der Waals surface area contributed by atoms with Crippen LogP contribution in [0, 0.1) is 0 Å². The van der Waals surface area contributed by atoms with Crippen LogP contribution in [0.1, 0.15) is 24.1 Å². The fraction of sp³-hybridized carbons (Fsp3) is 0.714. The van der Waals surface area contributed by atoms with E-state index in [4.69, 9.17) is 5.11 Å². The molecule has 3 nitrogen and oxygen atoms in total. The summed E-state index contributed by atoms with van der Waals surface area (Å²) in [6, 6.07) is 4.35. The molecule has 1 aromatic rings. The second-order valence-corrected chi connectivity index (χ2v) is 7.66. The molecule has 0 bridgehead atoms. The lowest BCUT2D eigenvalue weighted by atomic mass is 10.2. The third-order valence-corrected chi connectivity index (χ3v) is 5.21. The number of aliphatic hydroxyl groups excluding tert-OH is 1. The molecule has 0 aromatic carbocycles. The molecule has 5 heteroatoms. The molecule has 108 valence electrons. The van der Waals surface area contributed by atoms with E-state index in [0.29, 0.717) is 6.61 Å². The van der Waals surface area contributed by atoms with Gasteiger partial charge in [0.1, 0.15) is 0 Å². The van der Waals surface area contributed by atoms with Gasteiger partial charge >= 0.3 is 0 Å². The number of halogens is 1. The largest absolute Gasteiger partial charge is 0.396 e. The Morgan fingerprint density at radius 1 is 1.05 bits per heavy atom. The average Bonchev–Trinajstić information content (AvgIpc) is 2.82. The van der Waals surface area contributed by atoms with Crippen LogP contribution in [0.3, 0.4) is 0 Å². The van der Waals surface area contributed by atoms with Gasteiger partial charge in [-0.2, -0.15) is 0 Å². The summed E-state index contributed by atoms with van der Waals surface area (Å²) < 4.78 is 1.23. The fourth-order valence-corrected chi connectivity index (χ4v) is 3.98. The Morgan fingerprint density at radius 2 is 1.79 bits per heavy atom. The minimum absolute atomic E-state index is 0.337. The lowest BCUT2D eigenvalue weighted by Crippen LogP contribution is -2.45. The first-order chi connectivity index (χ1) is 9.28. The highest BCUT2D eigenvalue weighted by atomic mass is 79.9. The van der Waals surface area contributed by atoms with Crippen molar-refractivity contribution in [3.8, 4) is 0 Å². The number of unbranched alkanes of at least 4 members (excludes halogenated alkanes) is 2. The van der Waals surface area contributed by atoms with Crippen LogP contribution in [0.2, 0.25) is 0 Å². The molecular weight excluding hydrogens is 324 g/mol. The maximum Gasteiger partial charge on any atom is 0.0701 e. The van der Waals surface area contributed by atoms with Gasteiger partial charge in [-0.05, 0) is 53.9 Å². The van der Waals surface area contributed by atoms with Crippen LogP contribution in [-0.2, 0) is 6.54 Å². The molecule has 1 aliphatic heterocycles. The van der Waals surface area contributed by atoms with Crippen molar-refractivity contribution in [2.24, 2.45) is 0 Å². The Balaban J connectivity index is 1.62. The number of piperazine rings is 1. The molecule has 0 aliphatic carbocycles. The van der Waals surface area contributed by atoms with E-state index in [2.05, 4.69) is 37.9 Å². The van der Waals surface area contributed by atoms with Crippen LogP contribution in [0.4, 0.5) is 0 Å². The van der Waals surface area contributed by atoms with Crippen molar-refractivity contribution in [3.05, 3.63) is 20.8 Å². The number of aliphatic hydroxyl groups is 1. The second kappa shape index (κ2) is 8.37. The summed E-state index contributed by atoms with van der Waals surface area (Å²) in [6.07, 6.45) is 3.32. The minimum atomic E-state index is 0.337. The number of nitrogens with zero attached hydrogens (tertiary/aromatic N) is 2. The molecule has 1 aliphatic rings. The Bertz CT molecular complexity index is 364. The van der Waals surface area contributed by atoms with Gasteiger partial charge in [0.05, 0.1) is 3.79 Å². The molecule has 1 saturated heterocycles. The standard InChI is InChI=1S/C14H23BrN2OS/c15-14-5-4-13(19-14)12-17-9-7-16(8-10-17)6-2-1-3-11-18/h4-5,18H,1-3,6-12H2. The normalized spacial score (nSPS) is 18.0. The first-order valence-corrected chi connectivity index (χ1v) is 8.68. The van der Waals surface area contributed by atoms with Gasteiger partial charge in [0.2, 0.25) is 0 Å². The quantitative estimate of drug-likeness (QED) is 0.769. The van der Waals surface area contributed by atoms with Gasteiger partial charge in [-0.3, -0.25) is 4.90 Å². The van der Waals surface area contributed by atoms with Gasteiger partial charge in [-0.15, -0.1) is 11.3 Å². The van der Waals surface area contributed by atoms with Gasteiger partial charge < -0.3 is 10.0 Å². The third kappa shape index (κ3) is 5.52. The van der Waals surface area contributed by atoms with Gasteiger partial charge in [-0.1, -0.05) is 0 Å². The number of hydrogen-bond acceptors (Lipinski definition) is 4. The molecule has 2 rings (SSSR count). The zero-order valence-electron chi connectivity index (χ0n) is 11.4. The first kappa shape index (κ1) is 15.4. The van der Waals surface area contributed by atoms with Gasteiger partial charge in [0.25, 0.3) is 0 Å². The topological polar surface area (TPSA) is 26.7 Å². The molecule has 19 heavy (non-hydrogen) atoms. The SMILES string of the molecule is OCCCCCN1CCN(Cc2ccc(Br)s2)CC1. The summed E-state index contributed by atoms with van der Waals surface area (Å²) >= 11 is 5.36. The van der Waals surface area contributed by atoms with Crippen molar-refractivity contribution in [3.63, 3.8) is 0 Å². The molecule has 0 atom stereocenters. The van der Waals surface area contributed by atoms with Crippen molar-refractivity contribution in [1.29, 1.82) is 0 Å². The maximum absolute atomic E-state index is 8.76. The molecule has 1 aromatic heterocycles. The summed E-state index contributed by atoms with van der Waals surface area (Å²) in [5.41, 5.74) is 0. The monoisotopic (exact) mass is 346 g/mol. The lowest BCUT2D eigenvalue weighted by molar-refractivity contribution is 0.126. The third-order valence-electron chi connectivity index (χ3n) is 3.61. The highest BCUT2D eigenvalue weighted by molar-refractivity contribution is 9.11. The molecule has 0 unspecified atom stereocenters. The van der Waals surface area contributed by atoms with Crippen LogP contribution >= 0.6 is 27.3 Å². The molecule has 0 radical (unpaired) electrons. The van der Waals surface area contributed by atoms with Crippen LogP contribution in [0.5, 0.6) is 0 Å². The molecule has 2 heterocycles. The second-order valence-electron chi connectivity index (χ2n) is 5.11. The van der Waals surface area contributed by atoms with E-state index in [-0.39, 0.29) is 0 Å². The van der Waals surface area contributed by atoms with Crippen LogP contribution in [0.15, 0.2) is 15.9 Å². The van der Waals surface area contributed by atoms with Gasteiger partial charge in [0, 0.05) is 44.2 Å². The molecule has 1 fully saturated rings. The average molecular weight is 347 g/mol. The van der Waals surface area contributed by atoms with Crippen molar-refractivity contribution in [1.82, 2.24) is 9.80 Å². The summed E-state index contributed by atoms with van der Waals surface area (Å²) in [4.78, 5) is 6.55. The van der Waals surface area contributed by atoms with Gasteiger partial charge in [-0.25, -0.2) is 0 Å². The Hall–Kier alpha value is 0.0600. The number of hydrogen-bond donors (Lipinski definition) is 1. The van der Waals surface area contributed by atoms with E-state index in [1.165, 1.54) is 47.8 Å². The molecule has 0 amide bonds. The zero-order chi connectivity index (χ0) is 13.5. The van der Waals surface area contributed by atoms with Crippen molar-refractivity contribution in [2.45, 2.75) is 25.8 Å². The minimum Gasteiger partial charge on any atom is -0.396 e. The van der Waals surface area contributed by atoms with Crippen molar-refractivity contribution < 1.29 is 5.11 Å². The van der Waals surface area contributed by atoms with Crippen molar-refractivity contribution >= 4 is 27.3 Å². The van der Waals surface area contributed by atoms with E-state index >= 15 is 0 Å². The fourth-order valence-electron chi connectivity index (χ4n) is 2.45. The van der Waals surface area contributed by atoms with E-state index in [1.54, 1.807) is 0 Å². The predicted molar refractivity (Wildman–Crippen MR) is 84.7 cm³/mol. The predicted octanol–water partition coefficient (Wildman–Crippen LogP) is 2.79. The highest BCUT2D eigenvalue weighted by Gasteiger charge is 2.16. The van der Waals surface area contributed by atoms with E-state index in [1.807, 2.05) is 11.3 Å². The van der Waals surface area contributed by atoms with Crippen LogP contribution in [0.25, 0.3) is 0 Å². The van der Waals surface area contributed by atoms with Gasteiger partial charge in [0.15, 0.2) is 0 Å².